The fourth-order valence-electron chi connectivity index (χ4n) is 0.635. The molecule has 0 heterocycles. The Morgan fingerprint density at radius 3 is 2.08 bits per heavy atom. The number of rotatable bonds is 4. The first kappa shape index (κ1) is 13.1. The van der Waals surface area contributed by atoms with E-state index in [0.717, 1.165) is 6.61 Å². The smallest absolute Gasteiger partial charge is 0.191 e. The van der Waals surface area contributed by atoms with E-state index in [1.165, 1.54) is 0 Å². The Balaban J connectivity index is 4.04. The second kappa shape index (κ2) is 4.58. The predicted octanol–water partition coefficient (Wildman–Crippen LogP) is 2.60. The molecule has 0 amide bonds. The lowest BCUT2D eigenvalue weighted by molar-refractivity contribution is 0.241. The molecule has 0 fully saturated rings. The van der Waals surface area contributed by atoms with Gasteiger partial charge in [-0.1, -0.05) is 27.7 Å². The molecule has 0 aromatic rings. The van der Waals surface area contributed by atoms with Gasteiger partial charge >= 0.3 is 0 Å². The molecule has 0 unspecified atom stereocenters. The van der Waals surface area contributed by atoms with Gasteiger partial charge in [-0.15, -0.1) is 0 Å². The third-order valence-electron chi connectivity index (χ3n) is 2.94. The fourth-order valence-corrected chi connectivity index (χ4v) is 1.77. The van der Waals surface area contributed by atoms with Crippen LogP contribution in [0.1, 0.15) is 27.7 Å². The van der Waals surface area contributed by atoms with Gasteiger partial charge in [-0.25, -0.2) is 0 Å². The Kier molecular flexibility index (Phi) is 4.62. The number of hydrogen-bond acceptors (Lipinski definition) is 2. The SMILES string of the molecule is C[C@H](CN)CO[Si](C)(C)C(C)(C)C. The van der Waals surface area contributed by atoms with Crippen molar-refractivity contribution in [2.75, 3.05) is 13.2 Å². The van der Waals surface area contributed by atoms with Crippen LogP contribution in [-0.2, 0) is 4.43 Å². The molecule has 3 heteroatoms. The zero-order valence-electron chi connectivity index (χ0n) is 9.98. The first-order chi connectivity index (χ1) is 5.70. The Morgan fingerprint density at radius 1 is 1.31 bits per heavy atom. The normalized spacial score (nSPS) is 15.9. The Bertz CT molecular complexity index is 151. The third-order valence-corrected chi connectivity index (χ3v) is 7.44. The van der Waals surface area contributed by atoms with Crippen LogP contribution in [0.15, 0.2) is 0 Å². The van der Waals surface area contributed by atoms with Gasteiger partial charge in [0.1, 0.15) is 0 Å². The van der Waals surface area contributed by atoms with Gasteiger partial charge in [0.2, 0.25) is 0 Å². The highest BCUT2D eigenvalue weighted by Crippen LogP contribution is 2.36. The van der Waals surface area contributed by atoms with Gasteiger partial charge in [-0.3, -0.25) is 0 Å². The van der Waals surface area contributed by atoms with E-state index >= 15 is 0 Å². The molecule has 13 heavy (non-hydrogen) atoms. The van der Waals surface area contributed by atoms with Gasteiger partial charge in [0, 0.05) is 6.61 Å². The minimum atomic E-state index is -1.54. The van der Waals surface area contributed by atoms with E-state index in [0.29, 0.717) is 17.5 Å². The summed E-state index contributed by atoms with van der Waals surface area (Å²) < 4.78 is 6.01. The van der Waals surface area contributed by atoms with E-state index in [1.807, 2.05) is 0 Å². The average molecular weight is 203 g/mol. The van der Waals surface area contributed by atoms with Crippen LogP contribution in [0.2, 0.25) is 18.1 Å². The van der Waals surface area contributed by atoms with Gasteiger partial charge in [0.25, 0.3) is 0 Å². The van der Waals surface area contributed by atoms with Crippen molar-refractivity contribution in [2.45, 2.75) is 45.8 Å². The lowest BCUT2D eigenvalue weighted by Gasteiger charge is -2.36. The van der Waals surface area contributed by atoms with Crippen molar-refractivity contribution in [3.8, 4) is 0 Å². The average Bonchev–Trinajstić information content (AvgIpc) is 1.98. The molecule has 0 aliphatic rings. The molecule has 0 radical (unpaired) electrons. The van der Waals surface area contributed by atoms with Crippen molar-refractivity contribution >= 4 is 8.32 Å². The van der Waals surface area contributed by atoms with Gasteiger partial charge in [0.05, 0.1) is 0 Å². The molecule has 0 rings (SSSR count). The van der Waals surface area contributed by atoms with Gasteiger partial charge in [-0.05, 0) is 30.6 Å². The van der Waals surface area contributed by atoms with Crippen LogP contribution in [0.5, 0.6) is 0 Å². The molecule has 0 bridgehead atoms. The summed E-state index contributed by atoms with van der Waals surface area (Å²) in [4.78, 5) is 0. The summed E-state index contributed by atoms with van der Waals surface area (Å²) in [6.07, 6.45) is 0. The van der Waals surface area contributed by atoms with Crippen molar-refractivity contribution in [2.24, 2.45) is 11.7 Å². The molecule has 0 spiro atoms. The number of hydrogen-bond donors (Lipinski definition) is 1. The summed E-state index contributed by atoms with van der Waals surface area (Å²) in [6.45, 7) is 15.0. The van der Waals surface area contributed by atoms with Crippen molar-refractivity contribution in [3.63, 3.8) is 0 Å². The molecule has 0 aromatic heterocycles. The molecule has 0 aromatic carbocycles. The van der Waals surface area contributed by atoms with Crippen molar-refractivity contribution in [1.82, 2.24) is 0 Å². The summed E-state index contributed by atoms with van der Waals surface area (Å²) in [5.41, 5.74) is 5.55. The fraction of sp³-hybridized carbons (Fsp3) is 1.00. The zero-order chi connectivity index (χ0) is 10.7. The Labute approximate surface area is 84.0 Å². The van der Waals surface area contributed by atoms with E-state index in [1.54, 1.807) is 0 Å². The highest BCUT2D eigenvalue weighted by molar-refractivity contribution is 6.74. The summed E-state index contributed by atoms with van der Waals surface area (Å²) in [5.74, 6) is 0.481. The largest absolute Gasteiger partial charge is 0.417 e. The molecular formula is C10H25NOSi. The molecular weight excluding hydrogens is 178 g/mol. The Hall–Kier alpha value is 0.137. The first-order valence-electron chi connectivity index (χ1n) is 5.04. The van der Waals surface area contributed by atoms with E-state index in [4.69, 9.17) is 10.2 Å². The monoisotopic (exact) mass is 203 g/mol. The van der Waals surface area contributed by atoms with E-state index < -0.39 is 8.32 Å². The van der Waals surface area contributed by atoms with E-state index in [-0.39, 0.29) is 0 Å². The van der Waals surface area contributed by atoms with E-state index in [2.05, 4.69) is 40.8 Å². The maximum absolute atomic E-state index is 6.01. The van der Waals surface area contributed by atoms with Crippen LogP contribution >= 0.6 is 0 Å². The van der Waals surface area contributed by atoms with Gasteiger partial charge in [-0.2, -0.15) is 0 Å². The maximum Gasteiger partial charge on any atom is 0.191 e. The summed E-state index contributed by atoms with van der Waals surface area (Å²) in [6, 6.07) is 0. The van der Waals surface area contributed by atoms with Crippen molar-refractivity contribution in [1.29, 1.82) is 0 Å². The summed E-state index contributed by atoms with van der Waals surface area (Å²) >= 11 is 0. The predicted molar refractivity (Wildman–Crippen MR) is 61.4 cm³/mol. The van der Waals surface area contributed by atoms with Crippen LogP contribution in [0.25, 0.3) is 0 Å². The zero-order valence-corrected chi connectivity index (χ0v) is 11.0. The lowest BCUT2D eigenvalue weighted by Crippen LogP contribution is -2.42. The molecule has 0 saturated heterocycles. The van der Waals surface area contributed by atoms with Crippen LogP contribution < -0.4 is 5.73 Å². The quantitative estimate of drug-likeness (QED) is 0.713. The molecule has 2 nitrogen and oxygen atoms in total. The van der Waals surface area contributed by atoms with Crippen molar-refractivity contribution < 1.29 is 4.43 Å². The molecule has 0 aliphatic heterocycles. The maximum atomic E-state index is 6.01. The van der Waals surface area contributed by atoms with Crippen LogP contribution in [0, 0.1) is 5.92 Å². The highest BCUT2D eigenvalue weighted by Gasteiger charge is 2.37. The minimum Gasteiger partial charge on any atom is -0.417 e. The minimum absolute atomic E-state index is 0.307. The van der Waals surface area contributed by atoms with Crippen LogP contribution in [-0.4, -0.2) is 21.5 Å². The second-order valence-electron chi connectivity index (χ2n) is 5.41. The summed E-state index contributed by atoms with van der Waals surface area (Å²) in [7, 11) is -1.54. The lowest BCUT2D eigenvalue weighted by atomic mass is 10.2. The molecule has 0 saturated carbocycles. The second-order valence-corrected chi connectivity index (χ2v) is 10.2. The van der Waals surface area contributed by atoms with E-state index in [9.17, 15) is 0 Å². The topological polar surface area (TPSA) is 35.2 Å². The van der Waals surface area contributed by atoms with Crippen molar-refractivity contribution in [3.05, 3.63) is 0 Å². The number of nitrogens with two attached hydrogens (primary N) is 1. The molecule has 2 N–H and O–H groups in total. The summed E-state index contributed by atoms with van der Waals surface area (Å²) in [5, 5.41) is 0.307. The van der Waals surface area contributed by atoms with Crippen LogP contribution in [0.4, 0.5) is 0 Å². The molecule has 1 atom stereocenters. The standard InChI is InChI=1S/C10H25NOSi/c1-9(7-11)8-12-13(5,6)10(2,3)4/h9H,7-8,11H2,1-6H3/t9-/m1/s1. The Morgan fingerprint density at radius 2 is 1.77 bits per heavy atom. The van der Waals surface area contributed by atoms with Gasteiger partial charge < -0.3 is 10.2 Å². The van der Waals surface area contributed by atoms with Crippen LogP contribution in [0.3, 0.4) is 0 Å². The molecule has 0 aliphatic carbocycles. The molecule has 80 valence electrons. The third kappa shape index (κ3) is 4.25. The first-order valence-corrected chi connectivity index (χ1v) is 7.95. The van der Waals surface area contributed by atoms with Gasteiger partial charge in [0.15, 0.2) is 8.32 Å². The highest BCUT2D eigenvalue weighted by atomic mass is 28.4.